The van der Waals surface area contributed by atoms with Crippen LogP contribution < -0.4 is 5.73 Å². The van der Waals surface area contributed by atoms with E-state index in [2.05, 4.69) is 0 Å². The van der Waals surface area contributed by atoms with Gasteiger partial charge in [-0.3, -0.25) is 4.21 Å². The van der Waals surface area contributed by atoms with Crippen LogP contribution in [-0.2, 0) is 20.6 Å². The Labute approximate surface area is 111 Å². The zero-order chi connectivity index (χ0) is 13.8. The molecule has 0 heterocycles. The van der Waals surface area contributed by atoms with E-state index in [1.165, 1.54) is 0 Å². The summed E-state index contributed by atoms with van der Waals surface area (Å²) in [5.41, 5.74) is 7.07. The highest BCUT2D eigenvalue weighted by molar-refractivity contribution is 7.93. The van der Waals surface area contributed by atoms with Crippen molar-refractivity contribution in [3.63, 3.8) is 0 Å². The predicted octanol–water partition coefficient (Wildman–Crippen LogP) is 1.51. The molecule has 2 N–H and O–H groups in total. The number of hydrogen-bond donors (Lipinski definition) is 1. The van der Waals surface area contributed by atoms with Gasteiger partial charge in [-0.25, -0.2) is 8.42 Å². The van der Waals surface area contributed by atoms with Gasteiger partial charge >= 0.3 is 0 Å². The number of anilines is 1. The molecule has 0 saturated heterocycles. The van der Waals surface area contributed by atoms with Crippen molar-refractivity contribution in [3.05, 3.63) is 23.8 Å². The van der Waals surface area contributed by atoms with Crippen LogP contribution in [0.15, 0.2) is 23.1 Å². The number of rotatable bonds is 6. The van der Waals surface area contributed by atoms with E-state index in [4.69, 9.17) is 5.73 Å². The lowest BCUT2D eigenvalue weighted by atomic mass is 10.2. The zero-order valence-electron chi connectivity index (χ0n) is 10.7. The maximum absolute atomic E-state index is 12.0. The summed E-state index contributed by atoms with van der Waals surface area (Å²) in [4.78, 5) is 0.663. The molecule has 0 aliphatic carbocycles. The normalized spacial score (nSPS) is 13.4. The first kappa shape index (κ1) is 15.2. The fraction of sp³-hybridized carbons (Fsp3) is 0.500. The average Bonchev–Trinajstić information content (AvgIpc) is 2.26. The van der Waals surface area contributed by atoms with Gasteiger partial charge in [0.25, 0.3) is 0 Å². The molecule has 102 valence electrons. The maximum Gasteiger partial charge on any atom is 0.151 e. The lowest BCUT2D eigenvalue weighted by Crippen LogP contribution is -2.16. The molecule has 0 aromatic heterocycles. The Morgan fingerprint density at radius 1 is 1.28 bits per heavy atom. The highest BCUT2D eigenvalue weighted by Gasteiger charge is 2.14. The van der Waals surface area contributed by atoms with Crippen molar-refractivity contribution in [2.75, 3.05) is 23.0 Å². The van der Waals surface area contributed by atoms with Gasteiger partial charge in [0.1, 0.15) is 0 Å². The van der Waals surface area contributed by atoms with Crippen LogP contribution in [0, 0.1) is 6.92 Å². The lowest BCUT2D eigenvalue weighted by Gasteiger charge is -2.07. The largest absolute Gasteiger partial charge is 0.399 e. The molecule has 1 atom stereocenters. The molecule has 0 aliphatic heterocycles. The molecule has 0 spiro atoms. The lowest BCUT2D eigenvalue weighted by molar-refractivity contribution is 0.595. The van der Waals surface area contributed by atoms with Crippen molar-refractivity contribution in [3.8, 4) is 0 Å². The fourth-order valence-corrected chi connectivity index (χ4v) is 4.96. The van der Waals surface area contributed by atoms with Crippen LogP contribution in [0.25, 0.3) is 0 Å². The molecule has 6 heteroatoms. The maximum atomic E-state index is 12.0. The van der Waals surface area contributed by atoms with E-state index < -0.39 is 20.6 Å². The van der Waals surface area contributed by atoms with Gasteiger partial charge in [0.2, 0.25) is 0 Å². The summed E-state index contributed by atoms with van der Waals surface area (Å²) in [5.74, 6) is 0.273. The number of nitrogens with two attached hydrogens (primary N) is 1. The second kappa shape index (κ2) is 6.33. The average molecular weight is 289 g/mol. The Kier molecular flexibility index (Phi) is 5.34. The molecule has 0 aliphatic rings. The van der Waals surface area contributed by atoms with Crippen molar-refractivity contribution in [1.82, 2.24) is 0 Å². The molecule has 1 unspecified atom stereocenters. The number of hydrogen-bond acceptors (Lipinski definition) is 4. The van der Waals surface area contributed by atoms with Crippen LogP contribution in [0.4, 0.5) is 5.69 Å². The fourth-order valence-electron chi connectivity index (χ4n) is 1.65. The number of aryl methyl sites for hydroxylation is 1. The monoisotopic (exact) mass is 289 g/mol. The van der Waals surface area contributed by atoms with Crippen molar-refractivity contribution < 1.29 is 12.6 Å². The Morgan fingerprint density at radius 2 is 1.94 bits per heavy atom. The highest BCUT2D eigenvalue weighted by atomic mass is 32.2. The van der Waals surface area contributed by atoms with Gasteiger partial charge in [-0.2, -0.15) is 0 Å². The van der Waals surface area contributed by atoms with E-state index in [1.807, 2.05) is 13.8 Å². The van der Waals surface area contributed by atoms with E-state index in [1.54, 1.807) is 18.2 Å². The summed E-state index contributed by atoms with van der Waals surface area (Å²) in [6.45, 7) is 3.64. The summed E-state index contributed by atoms with van der Waals surface area (Å²) < 4.78 is 35.1. The van der Waals surface area contributed by atoms with E-state index in [0.29, 0.717) is 17.0 Å². The molecule has 1 aromatic rings. The Morgan fingerprint density at radius 3 is 2.50 bits per heavy atom. The first-order valence-electron chi connectivity index (χ1n) is 5.80. The third-order valence-corrected chi connectivity index (χ3v) is 6.18. The molecule has 0 radical (unpaired) electrons. The summed E-state index contributed by atoms with van der Waals surface area (Å²) in [6, 6.07) is 5.13. The molecule has 1 rings (SSSR count). The van der Waals surface area contributed by atoms with Gasteiger partial charge in [-0.15, -0.1) is 0 Å². The minimum Gasteiger partial charge on any atom is -0.399 e. The Balaban J connectivity index is 2.72. The minimum atomic E-state index is -3.07. The van der Waals surface area contributed by atoms with Gasteiger partial charge in [0, 0.05) is 22.1 Å². The molecule has 0 bridgehead atoms. The third-order valence-electron chi connectivity index (χ3n) is 2.54. The number of sulfone groups is 1. The van der Waals surface area contributed by atoms with Crippen molar-refractivity contribution in [2.45, 2.75) is 25.2 Å². The molecular formula is C12H19NO3S2. The van der Waals surface area contributed by atoms with Crippen LogP contribution in [0.2, 0.25) is 0 Å². The second-order valence-corrected chi connectivity index (χ2v) is 8.07. The van der Waals surface area contributed by atoms with Crippen LogP contribution in [0.1, 0.15) is 18.9 Å². The quantitative estimate of drug-likeness (QED) is 0.805. The molecule has 0 amide bonds. The smallest absolute Gasteiger partial charge is 0.151 e. The molecule has 4 nitrogen and oxygen atoms in total. The van der Waals surface area contributed by atoms with Gasteiger partial charge in [-0.1, -0.05) is 6.92 Å². The first-order valence-corrected chi connectivity index (χ1v) is 8.94. The van der Waals surface area contributed by atoms with E-state index in [9.17, 15) is 12.6 Å². The van der Waals surface area contributed by atoms with Gasteiger partial charge < -0.3 is 5.73 Å². The van der Waals surface area contributed by atoms with Crippen LogP contribution in [-0.4, -0.2) is 29.9 Å². The topological polar surface area (TPSA) is 77.2 Å². The predicted molar refractivity (Wildman–Crippen MR) is 75.8 cm³/mol. The SMILES string of the molecule is CCCS(=O)(=O)CCS(=O)c1ccc(N)cc1C. The Bertz CT molecular complexity index is 538. The second-order valence-electron chi connectivity index (χ2n) is 4.23. The van der Waals surface area contributed by atoms with Crippen LogP contribution in [0.3, 0.4) is 0 Å². The van der Waals surface area contributed by atoms with Crippen LogP contribution in [0.5, 0.6) is 0 Å². The molecule has 0 saturated carbocycles. The Hall–Kier alpha value is -0.880. The van der Waals surface area contributed by atoms with E-state index >= 15 is 0 Å². The van der Waals surface area contributed by atoms with Crippen molar-refractivity contribution in [1.29, 1.82) is 0 Å². The molecule has 18 heavy (non-hydrogen) atoms. The molecule has 1 aromatic carbocycles. The minimum absolute atomic E-state index is 0.0305. The van der Waals surface area contributed by atoms with Crippen LogP contribution >= 0.6 is 0 Å². The van der Waals surface area contributed by atoms with E-state index in [-0.39, 0.29) is 17.3 Å². The van der Waals surface area contributed by atoms with Crippen molar-refractivity contribution in [2.24, 2.45) is 0 Å². The van der Waals surface area contributed by atoms with Gasteiger partial charge in [0.05, 0.1) is 16.6 Å². The standard InChI is InChI=1S/C12H19NO3S2/c1-3-7-18(15,16)8-6-17(14)12-5-4-11(13)9-10(12)2/h4-5,9H,3,6-8,13H2,1-2H3. The van der Waals surface area contributed by atoms with Gasteiger partial charge in [0.15, 0.2) is 9.84 Å². The molecule has 0 fully saturated rings. The summed E-state index contributed by atoms with van der Waals surface area (Å²) in [5, 5.41) is 0. The third kappa shape index (κ3) is 4.42. The zero-order valence-corrected chi connectivity index (χ0v) is 12.3. The van der Waals surface area contributed by atoms with Gasteiger partial charge in [-0.05, 0) is 37.1 Å². The highest BCUT2D eigenvalue weighted by Crippen LogP contribution is 2.16. The van der Waals surface area contributed by atoms with E-state index in [0.717, 1.165) is 5.56 Å². The summed E-state index contributed by atoms with van der Waals surface area (Å²) in [6.07, 6.45) is 0.593. The first-order chi connectivity index (χ1) is 8.35. The number of benzene rings is 1. The molecular weight excluding hydrogens is 270 g/mol. The summed E-state index contributed by atoms with van der Waals surface area (Å²) in [7, 11) is -4.36. The number of nitrogen functional groups attached to an aromatic ring is 1. The summed E-state index contributed by atoms with van der Waals surface area (Å²) >= 11 is 0. The van der Waals surface area contributed by atoms with Crippen molar-refractivity contribution >= 4 is 26.3 Å².